The zero-order valence-electron chi connectivity index (χ0n) is 15.2. The summed E-state index contributed by atoms with van der Waals surface area (Å²) in [5, 5.41) is 3.04. The van der Waals surface area contributed by atoms with Crippen LogP contribution in [-0.4, -0.2) is 36.8 Å². The quantitative estimate of drug-likeness (QED) is 0.820. The van der Waals surface area contributed by atoms with Gasteiger partial charge in [0.1, 0.15) is 5.60 Å². The molecule has 0 fully saturated rings. The Morgan fingerprint density at radius 2 is 1.84 bits per heavy atom. The van der Waals surface area contributed by atoms with Gasteiger partial charge in [-0.25, -0.2) is 9.86 Å². The van der Waals surface area contributed by atoms with Crippen LogP contribution in [-0.2, 0) is 20.3 Å². The standard InChI is InChI=1S/C17H24F2N2O4/c1-11(20-15(23)25-16(2,3)4)12-8-7-9-13(10-12)17(18,19)14(22)21(5)24-6/h7-11H,1-6H3,(H,20,23)/t11-/m1/s1. The van der Waals surface area contributed by atoms with E-state index in [-0.39, 0.29) is 0 Å². The van der Waals surface area contributed by atoms with E-state index in [1.54, 1.807) is 33.8 Å². The molecule has 25 heavy (non-hydrogen) atoms. The van der Waals surface area contributed by atoms with E-state index in [9.17, 15) is 18.4 Å². The lowest BCUT2D eigenvalue weighted by Gasteiger charge is -2.24. The third-order valence-electron chi connectivity index (χ3n) is 3.31. The molecule has 0 bridgehead atoms. The molecular formula is C17H24F2N2O4. The number of hydrogen-bond acceptors (Lipinski definition) is 4. The van der Waals surface area contributed by atoms with Crippen molar-refractivity contribution in [3.05, 3.63) is 35.4 Å². The highest BCUT2D eigenvalue weighted by atomic mass is 19.3. The van der Waals surface area contributed by atoms with Crippen LogP contribution in [0.5, 0.6) is 0 Å². The van der Waals surface area contributed by atoms with Crippen molar-refractivity contribution in [2.24, 2.45) is 0 Å². The molecule has 6 nitrogen and oxygen atoms in total. The Balaban J connectivity index is 2.97. The van der Waals surface area contributed by atoms with Crippen molar-refractivity contribution in [3.63, 3.8) is 0 Å². The number of benzene rings is 1. The van der Waals surface area contributed by atoms with Crippen molar-refractivity contribution in [1.29, 1.82) is 0 Å². The molecule has 0 saturated carbocycles. The number of hydroxylamine groups is 2. The van der Waals surface area contributed by atoms with Gasteiger partial charge in [-0.05, 0) is 39.3 Å². The van der Waals surface area contributed by atoms with E-state index < -0.39 is 35.1 Å². The highest BCUT2D eigenvalue weighted by molar-refractivity contribution is 5.83. The molecule has 1 atom stereocenters. The maximum Gasteiger partial charge on any atom is 0.408 e. The topological polar surface area (TPSA) is 67.9 Å². The van der Waals surface area contributed by atoms with Crippen LogP contribution in [0.15, 0.2) is 24.3 Å². The van der Waals surface area contributed by atoms with E-state index in [0.717, 1.165) is 20.2 Å². The van der Waals surface area contributed by atoms with Crippen molar-refractivity contribution in [2.75, 3.05) is 14.2 Å². The molecule has 0 saturated heterocycles. The maximum absolute atomic E-state index is 14.3. The second kappa shape index (κ2) is 7.77. The van der Waals surface area contributed by atoms with Crippen LogP contribution >= 0.6 is 0 Å². The minimum atomic E-state index is -3.76. The summed E-state index contributed by atoms with van der Waals surface area (Å²) in [7, 11) is 2.23. The molecule has 0 spiro atoms. The number of hydrogen-bond donors (Lipinski definition) is 1. The summed E-state index contributed by atoms with van der Waals surface area (Å²) < 4.78 is 33.8. The first-order valence-corrected chi connectivity index (χ1v) is 7.68. The van der Waals surface area contributed by atoms with E-state index in [1.165, 1.54) is 12.1 Å². The predicted octanol–water partition coefficient (Wildman–Crippen LogP) is 3.38. The number of carbonyl (C=O) groups is 2. The number of ether oxygens (including phenoxy) is 1. The maximum atomic E-state index is 14.3. The first kappa shape index (κ1) is 20.8. The number of halogens is 2. The van der Waals surface area contributed by atoms with E-state index >= 15 is 0 Å². The Morgan fingerprint density at radius 3 is 2.36 bits per heavy atom. The number of nitrogens with zero attached hydrogens (tertiary/aromatic N) is 1. The lowest BCUT2D eigenvalue weighted by molar-refractivity contribution is -0.195. The van der Waals surface area contributed by atoms with Crippen molar-refractivity contribution < 1.29 is 27.9 Å². The van der Waals surface area contributed by atoms with Gasteiger partial charge in [0.2, 0.25) is 0 Å². The van der Waals surface area contributed by atoms with Crippen LogP contribution in [0.2, 0.25) is 0 Å². The van der Waals surface area contributed by atoms with Gasteiger partial charge < -0.3 is 10.1 Å². The molecule has 0 unspecified atom stereocenters. The summed E-state index contributed by atoms with van der Waals surface area (Å²) in [6.07, 6.45) is -0.660. The number of rotatable bonds is 5. The highest BCUT2D eigenvalue weighted by Crippen LogP contribution is 2.31. The summed E-state index contributed by atoms with van der Waals surface area (Å²) >= 11 is 0. The van der Waals surface area contributed by atoms with Crippen molar-refractivity contribution >= 4 is 12.0 Å². The number of alkyl halides is 2. The minimum absolute atomic E-state index is 0.413. The van der Waals surface area contributed by atoms with E-state index in [0.29, 0.717) is 10.6 Å². The molecule has 0 aromatic heterocycles. The number of amides is 2. The van der Waals surface area contributed by atoms with Gasteiger partial charge in [-0.1, -0.05) is 18.2 Å². The molecule has 1 aromatic rings. The van der Waals surface area contributed by atoms with Gasteiger partial charge >= 0.3 is 17.9 Å². The van der Waals surface area contributed by atoms with Gasteiger partial charge in [0, 0.05) is 12.6 Å². The minimum Gasteiger partial charge on any atom is -0.444 e. The number of likely N-dealkylation sites (N-methyl/N-ethyl adjacent to an activating group) is 1. The van der Waals surface area contributed by atoms with Crippen LogP contribution in [0, 0.1) is 0 Å². The van der Waals surface area contributed by atoms with E-state index in [4.69, 9.17) is 4.74 Å². The van der Waals surface area contributed by atoms with Gasteiger partial charge in [-0.15, -0.1) is 0 Å². The monoisotopic (exact) mass is 358 g/mol. The molecule has 0 aliphatic carbocycles. The zero-order chi connectivity index (χ0) is 19.4. The second-order valence-electron chi connectivity index (χ2n) is 6.55. The summed E-state index contributed by atoms with van der Waals surface area (Å²) in [6.45, 7) is 6.79. The van der Waals surface area contributed by atoms with Crippen molar-refractivity contribution in [3.8, 4) is 0 Å². The molecule has 1 rings (SSSR count). The zero-order valence-corrected chi connectivity index (χ0v) is 15.2. The van der Waals surface area contributed by atoms with Crippen LogP contribution < -0.4 is 5.32 Å². The summed E-state index contributed by atoms with van der Waals surface area (Å²) in [5.41, 5.74) is -0.747. The average Bonchev–Trinajstić information content (AvgIpc) is 2.51. The Labute approximate surface area is 146 Å². The molecule has 0 heterocycles. The normalized spacial score (nSPS) is 13.1. The fourth-order valence-corrected chi connectivity index (χ4v) is 1.98. The largest absolute Gasteiger partial charge is 0.444 e. The highest BCUT2D eigenvalue weighted by Gasteiger charge is 2.43. The third-order valence-corrected chi connectivity index (χ3v) is 3.31. The molecule has 2 amide bonds. The molecule has 0 aliphatic rings. The first-order chi connectivity index (χ1) is 11.4. The lowest BCUT2D eigenvalue weighted by atomic mass is 10.0. The molecule has 8 heteroatoms. The van der Waals surface area contributed by atoms with Gasteiger partial charge in [0.15, 0.2) is 0 Å². The van der Waals surface area contributed by atoms with Crippen LogP contribution in [0.1, 0.15) is 44.9 Å². The third kappa shape index (κ3) is 5.67. The number of carbonyl (C=O) groups excluding carboxylic acids is 2. The Morgan fingerprint density at radius 1 is 1.24 bits per heavy atom. The average molecular weight is 358 g/mol. The fraction of sp³-hybridized carbons (Fsp3) is 0.529. The number of alkyl carbamates (subject to hydrolysis) is 1. The van der Waals surface area contributed by atoms with Crippen LogP contribution in [0.25, 0.3) is 0 Å². The Hall–Kier alpha value is -2.22. The molecule has 0 aliphatic heterocycles. The van der Waals surface area contributed by atoms with E-state index in [1.807, 2.05) is 0 Å². The van der Waals surface area contributed by atoms with Crippen molar-refractivity contribution in [2.45, 2.75) is 45.3 Å². The molecule has 140 valence electrons. The summed E-state index contributed by atoms with van der Waals surface area (Å²) in [4.78, 5) is 28.1. The summed E-state index contributed by atoms with van der Waals surface area (Å²) in [6, 6.07) is 4.70. The van der Waals surface area contributed by atoms with Crippen LogP contribution in [0.4, 0.5) is 13.6 Å². The summed E-state index contributed by atoms with van der Waals surface area (Å²) in [5.74, 6) is -5.24. The van der Waals surface area contributed by atoms with Gasteiger partial charge in [-0.3, -0.25) is 9.63 Å². The second-order valence-corrected chi connectivity index (χ2v) is 6.55. The Kier molecular flexibility index (Phi) is 6.48. The van der Waals surface area contributed by atoms with E-state index in [2.05, 4.69) is 10.2 Å². The van der Waals surface area contributed by atoms with Gasteiger partial charge in [0.05, 0.1) is 13.2 Å². The van der Waals surface area contributed by atoms with Gasteiger partial charge in [-0.2, -0.15) is 8.78 Å². The van der Waals surface area contributed by atoms with Crippen LogP contribution in [0.3, 0.4) is 0 Å². The molecule has 1 N–H and O–H groups in total. The SMILES string of the molecule is CON(C)C(=O)C(F)(F)c1cccc([C@@H](C)NC(=O)OC(C)(C)C)c1. The molecule has 0 radical (unpaired) electrons. The smallest absolute Gasteiger partial charge is 0.408 e. The van der Waals surface area contributed by atoms with Crippen molar-refractivity contribution in [1.82, 2.24) is 10.4 Å². The number of nitrogens with one attached hydrogen (secondary N) is 1. The first-order valence-electron chi connectivity index (χ1n) is 7.68. The lowest BCUT2D eigenvalue weighted by Crippen LogP contribution is -2.39. The molecule has 1 aromatic carbocycles. The fourth-order valence-electron chi connectivity index (χ4n) is 1.98. The Bertz CT molecular complexity index is 629. The van der Waals surface area contributed by atoms with Gasteiger partial charge in [0.25, 0.3) is 0 Å². The predicted molar refractivity (Wildman–Crippen MR) is 87.9 cm³/mol. The molecular weight excluding hydrogens is 334 g/mol.